The minimum atomic E-state index is 0.483. The van der Waals surface area contributed by atoms with E-state index in [2.05, 4.69) is 19.1 Å². The highest BCUT2D eigenvalue weighted by Crippen LogP contribution is 2.28. The van der Waals surface area contributed by atoms with Gasteiger partial charge in [0.25, 0.3) is 0 Å². The molecule has 2 N–H and O–H groups in total. The van der Waals surface area contributed by atoms with E-state index >= 15 is 0 Å². The Kier molecular flexibility index (Phi) is 3.24. The SMILES string of the molecule is Cc1ccc(CC2CCC(N)CC2)s1. The van der Waals surface area contributed by atoms with E-state index in [9.17, 15) is 0 Å². The lowest BCUT2D eigenvalue weighted by molar-refractivity contribution is 0.326. The highest BCUT2D eigenvalue weighted by atomic mass is 32.1. The van der Waals surface area contributed by atoms with Crippen LogP contribution in [0.4, 0.5) is 0 Å². The molecule has 0 bridgehead atoms. The van der Waals surface area contributed by atoms with Gasteiger partial charge in [-0.25, -0.2) is 0 Å². The summed E-state index contributed by atoms with van der Waals surface area (Å²) < 4.78 is 0. The molecule has 0 spiro atoms. The summed E-state index contributed by atoms with van der Waals surface area (Å²) >= 11 is 1.95. The number of aryl methyl sites for hydroxylation is 1. The Bertz CT molecular complexity index is 284. The molecule has 0 aliphatic heterocycles. The number of hydrogen-bond donors (Lipinski definition) is 1. The van der Waals surface area contributed by atoms with E-state index < -0.39 is 0 Å². The van der Waals surface area contributed by atoms with Crippen LogP contribution in [0.15, 0.2) is 12.1 Å². The monoisotopic (exact) mass is 209 g/mol. The number of nitrogens with two attached hydrogens (primary N) is 1. The lowest BCUT2D eigenvalue weighted by Gasteiger charge is -2.25. The Morgan fingerprint density at radius 2 is 2.00 bits per heavy atom. The lowest BCUT2D eigenvalue weighted by atomic mass is 9.84. The second-order valence-corrected chi connectivity index (χ2v) is 5.87. The Morgan fingerprint density at radius 3 is 2.57 bits per heavy atom. The summed E-state index contributed by atoms with van der Waals surface area (Å²) in [4.78, 5) is 3.00. The first-order valence-electron chi connectivity index (χ1n) is 5.55. The summed E-state index contributed by atoms with van der Waals surface area (Å²) in [6.07, 6.45) is 6.41. The van der Waals surface area contributed by atoms with E-state index in [1.807, 2.05) is 11.3 Å². The number of rotatable bonds is 2. The molecule has 1 heterocycles. The fourth-order valence-electron chi connectivity index (χ4n) is 2.27. The summed E-state index contributed by atoms with van der Waals surface area (Å²) in [7, 11) is 0. The van der Waals surface area contributed by atoms with E-state index in [4.69, 9.17) is 5.73 Å². The van der Waals surface area contributed by atoms with Crippen molar-refractivity contribution in [3.63, 3.8) is 0 Å². The number of hydrogen-bond acceptors (Lipinski definition) is 2. The second-order valence-electron chi connectivity index (χ2n) is 4.50. The average molecular weight is 209 g/mol. The molecule has 1 fully saturated rings. The molecule has 14 heavy (non-hydrogen) atoms. The third-order valence-electron chi connectivity index (χ3n) is 3.18. The fourth-order valence-corrected chi connectivity index (χ4v) is 3.28. The van der Waals surface area contributed by atoms with Gasteiger partial charge in [-0.3, -0.25) is 0 Å². The van der Waals surface area contributed by atoms with Gasteiger partial charge in [0.1, 0.15) is 0 Å². The van der Waals surface area contributed by atoms with E-state index in [0.29, 0.717) is 6.04 Å². The maximum Gasteiger partial charge on any atom is 0.00508 e. The summed E-state index contributed by atoms with van der Waals surface area (Å²) in [6, 6.07) is 5.00. The topological polar surface area (TPSA) is 26.0 Å². The molecule has 0 radical (unpaired) electrons. The van der Waals surface area contributed by atoms with Crippen LogP contribution in [0.5, 0.6) is 0 Å². The third-order valence-corrected chi connectivity index (χ3v) is 4.20. The zero-order valence-corrected chi connectivity index (χ0v) is 9.65. The van der Waals surface area contributed by atoms with Crippen molar-refractivity contribution < 1.29 is 0 Å². The minimum Gasteiger partial charge on any atom is -0.328 e. The summed E-state index contributed by atoms with van der Waals surface area (Å²) in [6.45, 7) is 2.19. The van der Waals surface area contributed by atoms with Gasteiger partial charge in [0.05, 0.1) is 0 Å². The van der Waals surface area contributed by atoms with Crippen molar-refractivity contribution in [1.82, 2.24) is 0 Å². The van der Waals surface area contributed by atoms with Gasteiger partial charge in [-0.05, 0) is 57.1 Å². The second kappa shape index (κ2) is 4.45. The van der Waals surface area contributed by atoms with Crippen LogP contribution in [0.25, 0.3) is 0 Å². The van der Waals surface area contributed by atoms with Gasteiger partial charge >= 0.3 is 0 Å². The van der Waals surface area contributed by atoms with Crippen molar-refractivity contribution in [1.29, 1.82) is 0 Å². The van der Waals surface area contributed by atoms with Crippen LogP contribution in [-0.4, -0.2) is 6.04 Å². The predicted octanol–water partition coefficient (Wildman–Crippen LogP) is 3.12. The van der Waals surface area contributed by atoms with E-state index in [1.54, 1.807) is 4.88 Å². The molecule has 1 nitrogen and oxygen atoms in total. The summed E-state index contributed by atoms with van der Waals surface area (Å²) in [5, 5.41) is 0. The Morgan fingerprint density at radius 1 is 1.29 bits per heavy atom. The zero-order chi connectivity index (χ0) is 9.97. The first kappa shape index (κ1) is 10.2. The quantitative estimate of drug-likeness (QED) is 0.795. The fraction of sp³-hybridized carbons (Fsp3) is 0.667. The van der Waals surface area contributed by atoms with Crippen molar-refractivity contribution >= 4 is 11.3 Å². The van der Waals surface area contributed by atoms with Gasteiger partial charge in [-0.2, -0.15) is 0 Å². The third kappa shape index (κ3) is 2.58. The first-order valence-corrected chi connectivity index (χ1v) is 6.36. The molecule has 1 aliphatic rings. The Balaban J connectivity index is 1.86. The van der Waals surface area contributed by atoms with Crippen LogP contribution in [0, 0.1) is 12.8 Å². The molecule has 0 amide bonds. The normalized spacial score (nSPS) is 27.9. The van der Waals surface area contributed by atoms with Gasteiger partial charge in [-0.1, -0.05) is 0 Å². The van der Waals surface area contributed by atoms with Gasteiger partial charge < -0.3 is 5.73 Å². The molecule has 1 aliphatic carbocycles. The molecule has 1 aromatic rings. The van der Waals surface area contributed by atoms with Crippen LogP contribution in [0.2, 0.25) is 0 Å². The van der Waals surface area contributed by atoms with Crippen LogP contribution in [0.3, 0.4) is 0 Å². The van der Waals surface area contributed by atoms with Gasteiger partial charge in [-0.15, -0.1) is 11.3 Å². The molecule has 1 aromatic heterocycles. The maximum atomic E-state index is 5.90. The Labute approximate surface area is 90.3 Å². The molecular formula is C12H19NS. The smallest absolute Gasteiger partial charge is 0.00508 e. The largest absolute Gasteiger partial charge is 0.328 e. The maximum absolute atomic E-state index is 5.90. The van der Waals surface area contributed by atoms with E-state index in [0.717, 1.165) is 5.92 Å². The molecule has 1 saturated carbocycles. The molecule has 2 heteroatoms. The highest BCUT2D eigenvalue weighted by Gasteiger charge is 2.18. The van der Waals surface area contributed by atoms with Crippen LogP contribution >= 0.6 is 11.3 Å². The van der Waals surface area contributed by atoms with Gasteiger partial charge in [0.15, 0.2) is 0 Å². The van der Waals surface area contributed by atoms with Crippen molar-refractivity contribution in [3.8, 4) is 0 Å². The van der Waals surface area contributed by atoms with E-state index in [1.165, 1.54) is 37.0 Å². The molecular weight excluding hydrogens is 190 g/mol. The van der Waals surface area contributed by atoms with E-state index in [-0.39, 0.29) is 0 Å². The molecule has 0 unspecified atom stereocenters. The standard InChI is InChI=1S/C12H19NS/c1-9-2-7-12(14-9)8-10-3-5-11(13)6-4-10/h2,7,10-11H,3-6,8,13H2,1H3. The molecule has 78 valence electrons. The lowest BCUT2D eigenvalue weighted by Crippen LogP contribution is -2.27. The van der Waals surface area contributed by atoms with Crippen molar-refractivity contribution in [3.05, 3.63) is 21.9 Å². The molecule has 2 rings (SSSR count). The first-order chi connectivity index (χ1) is 6.74. The zero-order valence-electron chi connectivity index (χ0n) is 8.83. The van der Waals surface area contributed by atoms with Crippen molar-refractivity contribution in [2.24, 2.45) is 11.7 Å². The molecule has 0 atom stereocenters. The minimum absolute atomic E-state index is 0.483. The molecule has 0 saturated heterocycles. The van der Waals surface area contributed by atoms with Crippen LogP contribution in [0.1, 0.15) is 35.4 Å². The van der Waals surface area contributed by atoms with Gasteiger partial charge in [0, 0.05) is 15.8 Å². The Hall–Kier alpha value is -0.340. The summed E-state index contributed by atoms with van der Waals surface area (Å²) in [5.74, 6) is 0.896. The summed E-state index contributed by atoms with van der Waals surface area (Å²) in [5.41, 5.74) is 5.90. The predicted molar refractivity (Wildman–Crippen MR) is 62.7 cm³/mol. The van der Waals surface area contributed by atoms with Crippen LogP contribution < -0.4 is 5.73 Å². The van der Waals surface area contributed by atoms with Crippen molar-refractivity contribution in [2.75, 3.05) is 0 Å². The molecule has 0 aromatic carbocycles. The average Bonchev–Trinajstić information content (AvgIpc) is 2.56. The number of thiophene rings is 1. The van der Waals surface area contributed by atoms with Crippen LogP contribution in [-0.2, 0) is 6.42 Å². The van der Waals surface area contributed by atoms with Crippen molar-refractivity contribution in [2.45, 2.75) is 45.1 Å². The highest BCUT2D eigenvalue weighted by molar-refractivity contribution is 7.11. The van der Waals surface area contributed by atoms with Gasteiger partial charge in [0.2, 0.25) is 0 Å².